The molecule has 2 aromatic rings. The Morgan fingerprint density at radius 3 is 2.93 bits per heavy atom. The van der Waals surface area contributed by atoms with Crippen LogP contribution in [0.4, 0.5) is 5.82 Å². The first kappa shape index (κ1) is 18.5. The average Bonchev–Trinajstić information content (AvgIpc) is 3.07. The van der Waals surface area contributed by atoms with Gasteiger partial charge in [-0.05, 0) is 37.7 Å². The van der Waals surface area contributed by atoms with Crippen molar-refractivity contribution in [3.05, 3.63) is 41.9 Å². The molecule has 1 aromatic carbocycles. The van der Waals surface area contributed by atoms with Crippen LogP contribution in [0.15, 0.2) is 30.5 Å². The Bertz CT molecular complexity index is 859. The monoisotopic (exact) mass is 383 g/mol. The second-order valence-corrected chi connectivity index (χ2v) is 7.22. The zero-order valence-electron chi connectivity index (χ0n) is 16.0. The number of anilines is 1. The molecule has 2 aliphatic rings. The van der Waals surface area contributed by atoms with E-state index in [1.165, 1.54) is 0 Å². The number of benzene rings is 1. The summed E-state index contributed by atoms with van der Waals surface area (Å²) in [6.07, 6.45) is 3.42. The van der Waals surface area contributed by atoms with Crippen LogP contribution >= 0.6 is 0 Å². The van der Waals surface area contributed by atoms with Crippen LogP contribution in [0.2, 0.25) is 0 Å². The topological polar surface area (TPSA) is 93.8 Å². The Kier molecular flexibility index (Phi) is 5.29. The van der Waals surface area contributed by atoms with E-state index in [2.05, 4.69) is 14.9 Å². The zero-order chi connectivity index (χ0) is 19.5. The third-order valence-electron chi connectivity index (χ3n) is 5.19. The minimum Gasteiger partial charge on any atom is -0.490 e. The van der Waals surface area contributed by atoms with Gasteiger partial charge in [0.05, 0.1) is 19.8 Å². The van der Waals surface area contributed by atoms with Gasteiger partial charge in [0.2, 0.25) is 0 Å². The van der Waals surface area contributed by atoms with E-state index in [1.54, 1.807) is 18.3 Å². The summed E-state index contributed by atoms with van der Waals surface area (Å²) in [4.78, 5) is 25.5. The molecule has 0 saturated carbocycles. The number of nitrogen functional groups attached to an aromatic ring is 1. The van der Waals surface area contributed by atoms with Crippen LogP contribution in [0.25, 0.3) is 0 Å². The number of carbonyl (C=O) groups is 1. The van der Waals surface area contributed by atoms with E-state index in [9.17, 15) is 4.79 Å². The fourth-order valence-corrected chi connectivity index (χ4v) is 3.61. The smallest absolute Gasteiger partial charge is 0.254 e. The first-order valence-corrected chi connectivity index (χ1v) is 9.57. The van der Waals surface area contributed by atoms with Crippen LogP contribution in [0.5, 0.6) is 11.5 Å². The predicted molar refractivity (Wildman–Crippen MR) is 104 cm³/mol. The minimum absolute atomic E-state index is 0.0201. The fraction of sp³-hybridized carbons (Fsp3) is 0.450. The molecule has 0 spiro atoms. The van der Waals surface area contributed by atoms with Gasteiger partial charge in [0, 0.05) is 37.3 Å². The average molecular weight is 383 g/mol. The van der Waals surface area contributed by atoms with Gasteiger partial charge in [0.1, 0.15) is 11.6 Å². The van der Waals surface area contributed by atoms with Gasteiger partial charge in [0.15, 0.2) is 11.5 Å². The number of likely N-dealkylation sites (tertiary alicyclic amines) is 1. The van der Waals surface area contributed by atoms with E-state index in [1.807, 2.05) is 24.1 Å². The predicted octanol–water partition coefficient (Wildman–Crippen LogP) is 1.57. The highest BCUT2D eigenvalue weighted by molar-refractivity contribution is 5.95. The molecule has 28 heavy (non-hydrogen) atoms. The maximum atomic E-state index is 13.0. The van der Waals surface area contributed by atoms with Gasteiger partial charge in [0.25, 0.3) is 5.91 Å². The number of likely N-dealkylation sites (N-methyl/N-ethyl adjacent to an activating group) is 1. The maximum Gasteiger partial charge on any atom is 0.254 e. The first-order chi connectivity index (χ1) is 13.6. The van der Waals surface area contributed by atoms with Crippen LogP contribution in [0.1, 0.15) is 29.0 Å². The van der Waals surface area contributed by atoms with Gasteiger partial charge in [-0.1, -0.05) is 0 Å². The minimum atomic E-state index is 0.0201. The molecular formula is C20H25N5O3. The number of hydrogen-bond donors (Lipinski definition) is 1. The SMILES string of the molecule is CN(Cc1nccc(N)n1)[C@H]1CCN(C(=O)c2ccc3c(c2)OCCCO3)C1. The van der Waals surface area contributed by atoms with Crippen LogP contribution < -0.4 is 15.2 Å². The standard InChI is InChI=1S/C20H25N5O3/c1-24(13-19-22-7-5-18(21)23-19)15-6-8-25(12-15)20(26)14-3-4-16-17(11-14)28-10-2-9-27-16/h3-5,7,11,15H,2,6,8-10,12-13H2,1H3,(H2,21,22,23)/t15-/m0/s1. The molecule has 8 nitrogen and oxygen atoms in total. The molecule has 3 heterocycles. The lowest BCUT2D eigenvalue weighted by molar-refractivity contribution is 0.0779. The van der Waals surface area contributed by atoms with Crippen LogP contribution in [0.3, 0.4) is 0 Å². The number of rotatable bonds is 4. The number of nitrogens with zero attached hydrogens (tertiary/aromatic N) is 4. The molecule has 1 fully saturated rings. The fourth-order valence-electron chi connectivity index (χ4n) is 3.61. The Balaban J connectivity index is 1.39. The normalized spacial score (nSPS) is 18.9. The number of hydrogen-bond acceptors (Lipinski definition) is 7. The van der Waals surface area contributed by atoms with Gasteiger partial charge in [-0.3, -0.25) is 9.69 Å². The Morgan fingerprint density at radius 2 is 2.11 bits per heavy atom. The van der Waals surface area contributed by atoms with Crippen molar-refractivity contribution in [1.29, 1.82) is 0 Å². The third kappa shape index (κ3) is 4.01. The van der Waals surface area contributed by atoms with Crippen molar-refractivity contribution in [2.75, 3.05) is 39.1 Å². The lowest BCUT2D eigenvalue weighted by atomic mass is 10.1. The number of ether oxygens (including phenoxy) is 2. The summed E-state index contributed by atoms with van der Waals surface area (Å²) < 4.78 is 11.4. The van der Waals surface area contributed by atoms with E-state index >= 15 is 0 Å². The molecule has 1 atom stereocenters. The summed E-state index contributed by atoms with van der Waals surface area (Å²) in [6, 6.07) is 7.36. The molecule has 2 aliphatic heterocycles. The molecule has 2 N–H and O–H groups in total. The van der Waals surface area contributed by atoms with Crippen molar-refractivity contribution in [2.45, 2.75) is 25.4 Å². The molecule has 148 valence electrons. The van der Waals surface area contributed by atoms with Gasteiger partial charge in [-0.25, -0.2) is 9.97 Å². The zero-order valence-corrected chi connectivity index (χ0v) is 16.0. The lowest BCUT2D eigenvalue weighted by Gasteiger charge is -2.24. The largest absolute Gasteiger partial charge is 0.490 e. The molecule has 8 heteroatoms. The Labute approximate surface area is 164 Å². The van der Waals surface area contributed by atoms with Gasteiger partial charge >= 0.3 is 0 Å². The van der Waals surface area contributed by atoms with E-state index in [4.69, 9.17) is 15.2 Å². The van der Waals surface area contributed by atoms with E-state index in [0.29, 0.717) is 55.0 Å². The van der Waals surface area contributed by atoms with Crippen molar-refractivity contribution < 1.29 is 14.3 Å². The quantitative estimate of drug-likeness (QED) is 0.856. The van der Waals surface area contributed by atoms with Crippen LogP contribution in [0, 0.1) is 0 Å². The molecule has 0 bridgehead atoms. The highest BCUT2D eigenvalue weighted by Gasteiger charge is 2.30. The van der Waals surface area contributed by atoms with Crippen LogP contribution in [-0.4, -0.2) is 65.1 Å². The van der Waals surface area contributed by atoms with Crippen molar-refractivity contribution >= 4 is 11.7 Å². The number of fused-ring (bicyclic) bond motifs is 1. The molecule has 1 saturated heterocycles. The Hall–Kier alpha value is -2.87. The van der Waals surface area contributed by atoms with E-state index < -0.39 is 0 Å². The number of nitrogens with two attached hydrogens (primary N) is 1. The highest BCUT2D eigenvalue weighted by Crippen LogP contribution is 2.31. The summed E-state index contributed by atoms with van der Waals surface area (Å²) in [5, 5.41) is 0. The molecule has 4 rings (SSSR count). The van der Waals surface area contributed by atoms with E-state index in [-0.39, 0.29) is 11.9 Å². The lowest BCUT2D eigenvalue weighted by Crippen LogP contribution is -2.36. The van der Waals surface area contributed by atoms with Crippen molar-refractivity contribution in [2.24, 2.45) is 0 Å². The molecule has 0 radical (unpaired) electrons. The van der Waals surface area contributed by atoms with Gasteiger partial charge in [-0.15, -0.1) is 0 Å². The summed E-state index contributed by atoms with van der Waals surface area (Å²) in [7, 11) is 2.03. The third-order valence-corrected chi connectivity index (χ3v) is 5.19. The second kappa shape index (κ2) is 8.02. The summed E-state index contributed by atoms with van der Waals surface area (Å²) >= 11 is 0. The summed E-state index contributed by atoms with van der Waals surface area (Å²) in [5.74, 6) is 2.53. The summed E-state index contributed by atoms with van der Waals surface area (Å²) in [5.41, 5.74) is 6.36. The van der Waals surface area contributed by atoms with Crippen LogP contribution in [-0.2, 0) is 6.54 Å². The van der Waals surface area contributed by atoms with E-state index in [0.717, 1.165) is 19.4 Å². The molecular weight excluding hydrogens is 358 g/mol. The van der Waals surface area contributed by atoms with Crippen molar-refractivity contribution in [3.63, 3.8) is 0 Å². The number of aromatic nitrogens is 2. The molecule has 1 aromatic heterocycles. The number of amides is 1. The van der Waals surface area contributed by atoms with Gasteiger partial charge < -0.3 is 20.1 Å². The van der Waals surface area contributed by atoms with Crippen molar-refractivity contribution in [1.82, 2.24) is 19.8 Å². The Morgan fingerprint density at radius 1 is 1.29 bits per heavy atom. The second-order valence-electron chi connectivity index (χ2n) is 7.22. The molecule has 0 aliphatic carbocycles. The van der Waals surface area contributed by atoms with Crippen molar-refractivity contribution in [3.8, 4) is 11.5 Å². The highest BCUT2D eigenvalue weighted by atomic mass is 16.5. The first-order valence-electron chi connectivity index (χ1n) is 9.57. The molecule has 1 amide bonds. The number of carbonyl (C=O) groups excluding carboxylic acids is 1. The summed E-state index contributed by atoms with van der Waals surface area (Å²) in [6.45, 7) is 3.23. The molecule has 0 unspecified atom stereocenters. The van der Waals surface area contributed by atoms with Gasteiger partial charge in [-0.2, -0.15) is 0 Å². The maximum absolute atomic E-state index is 13.0.